The molecule has 1 aliphatic heterocycles. The zero-order chi connectivity index (χ0) is 16.4. The predicted molar refractivity (Wildman–Crippen MR) is 95.2 cm³/mol. The molecule has 3 rings (SSSR count). The number of fused-ring (bicyclic) bond motifs is 1. The maximum absolute atomic E-state index is 3.58. The van der Waals surface area contributed by atoms with Gasteiger partial charge >= 0.3 is 0 Å². The van der Waals surface area contributed by atoms with Crippen molar-refractivity contribution in [2.45, 2.75) is 59.5 Å². The van der Waals surface area contributed by atoms with Gasteiger partial charge in [-0.1, -0.05) is 39.0 Å². The van der Waals surface area contributed by atoms with Crippen molar-refractivity contribution in [2.75, 3.05) is 6.54 Å². The van der Waals surface area contributed by atoms with Gasteiger partial charge in [0.2, 0.25) is 0 Å². The number of aryl methyl sites for hydroxylation is 1. The number of benzene rings is 1. The molecule has 1 atom stereocenters. The summed E-state index contributed by atoms with van der Waals surface area (Å²) >= 11 is 0. The number of hydrogen-bond donors (Lipinski definition) is 3. The summed E-state index contributed by atoms with van der Waals surface area (Å²) in [5.41, 5.74) is 12.3. The van der Waals surface area contributed by atoms with Crippen LogP contribution in [-0.4, -0.2) is 11.6 Å². The lowest BCUT2D eigenvalue weighted by molar-refractivity contribution is 0.179. The van der Waals surface area contributed by atoms with E-state index < -0.39 is 0 Å². The normalized spacial score (nSPS) is 21.0. The van der Waals surface area contributed by atoms with E-state index in [-0.39, 0.29) is 0 Å². The van der Waals surface area contributed by atoms with Gasteiger partial charge in [-0.2, -0.15) is 0 Å². The van der Waals surface area contributed by atoms with E-state index in [1.165, 1.54) is 41.6 Å². The highest BCUT2D eigenvalue weighted by Gasteiger charge is 2.26. The zero-order valence-corrected chi connectivity index (χ0v) is 14.9. The lowest BCUT2D eigenvalue weighted by Gasteiger charge is -2.32. The first-order valence-corrected chi connectivity index (χ1v) is 8.73. The average molecular weight is 314 g/mol. The van der Waals surface area contributed by atoms with Crippen molar-refractivity contribution in [3.05, 3.63) is 46.8 Å². The van der Waals surface area contributed by atoms with Crippen molar-refractivity contribution in [1.82, 2.24) is 21.3 Å². The molecular formula is C19H30N4. The molecule has 0 saturated carbocycles. The van der Waals surface area contributed by atoms with Gasteiger partial charge in [0.1, 0.15) is 0 Å². The van der Waals surface area contributed by atoms with E-state index in [1.54, 1.807) is 0 Å². The van der Waals surface area contributed by atoms with Crippen LogP contribution in [0.3, 0.4) is 0 Å². The summed E-state index contributed by atoms with van der Waals surface area (Å²) in [4.78, 5) is 0. The van der Waals surface area contributed by atoms with Crippen LogP contribution in [0.2, 0.25) is 0 Å². The van der Waals surface area contributed by atoms with Crippen LogP contribution in [0.5, 0.6) is 0 Å². The first kappa shape index (κ1) is 16.3. The second-order valence-corrected chi connectivity index (χ2v) is 8.06. The van der Waals surface area contributed by atoms with Gasteiger partial charge in [0, 0.05) is 25.0 Å². The number of nitrogens with zero attached hydrogens (tertiary/aromatic N) is 1. The van der Waals surface area contributed by atoms with E-state index in [2.05, 4.69) is 73.4 Å². The molecule has 23 heavy (non-hydrogen) atoms. The van der Waals surface area contributed by atoms with Crippen molar-refractivity contribution in [3.8, 4) is 0 Å². The Morgan fingerprint density at radius 1 is 1.30 bits per heavy atom. The van der Waals surface area contributed by atoms with Crippen LogP contribution < -0.4 is 16.3 Å². The van der Waals surface area contributed by atoms with Crippen LogP contribution in [0.1, 0.15) is 63.3 Å². The summed E-state index contributed by atoms with van der Waals surface area (Å²) < 4.78 is 0. The first-order chi connectivity index (χ1) is 10.9. The molecule has 0 bridgehead atoms. The fourth-order valence-corrected chi connectivity index (χ4v) is 3.42. The number of rotatable bonds is 4. The monoisotopic (exact) mass is 314 g/mol. The molecule has 0 spiro atoms. The van der Waals surface area contributed by atoms with Gasteiger partial charge in [0.15, 0.2) is 0 Å². The topological polar surface area (TPSA) is 39.3 Å². The van der Waals surface area contributed by atoms with E-state index in [0.29, 0.717) is 11.5 Å². The minimum Gasteiger partial charge on any atom is -0.312 e. The fourth-order valence-electron chi connectivity index (χ4n) is 3.42. The Labute approximate surface area is 140 Å². The third kappa shape index (κ3) is 4.06. The highest BCUT2D eigenvalue weighted by molar-refractivity contribution is 5.36. The van der Waals surface area contributed by atoms with E-state index in [4.69, 9.17) is 0 Å². The van der Waals surface area contributed by atoms with E-state index in [0.717, 1.165) is 13.1 Å². The van der Waals surface area contributed by atoms with Gasteiger partial charge in [-0.25, -0.2) is 0 Å². The summed E-state index contributed by atoms with van der Waals surface area (Å²) in [5, 5.41) is 5.79. The number of allylic oxidation sites excluding steroid dienone is 1. The molecule has 126 valence electrons. The maximum Gasteiger partial charge on any atom is 0.0718 e. The molecule has 2 aliphatic rings. The predicted octanol–water partition coefficient (Wildman–Crippen LogP) is 3.39. The second kappa shape index (κ2) is 6.54. The zero-order valence-electron chi connectivity index (χ0n) is 14.9. The molecule has 0 radical (unpaired) electrons. The van der Waals surface area contributed by atoms with Crippen molar-refractivity contribution in [1.29, 1.82) is 0 Å². The molecule has 0 amide bonds. The van der Waals surface area contributed by atoms with Gasteiger partial charge in [-0.05, 0) is 48.3 Å². The highest BCUT2D eigenvalue weighted by atomic mass is 15.7. The number of nitrogens with one attached hydrogen (secondary N) is 3. The quantitative estimate of drug-likeness (QED) is 0.797. The van der Waals surface area contributed by atoms with Gasteiger partial charge in [0.05, 0.1) is 6.04 Å². The fraction of sp³-hybridized carbons (Fsp3) is 0.579. The van der Waals surface area contributed by atoms with Gasteiger partial charge < -0.3 is 10.7 Å². The molecule has 0 aromatic heterocycles. The van der Waals surface area contributed by atoms with E-state index >= 15 is 0 Å². The van der Waals surface area contributed by atoms with Crippen molar-refractivity contribution >= 4 is 0 Å². The largest absolute Gasteiger partial charge is 0.312 e. The number of hydrogen-bond acceptors (Lipinski definition) is 4. The summed E-state index contributed by atoms with van der Waals surface area (Å²) in [6, 6.07) is 7.45. The van der Waals surface area contributed by atoms with Gasteiger partial charge in [-0.3, -0.25) is 5.01 Å². The van der Waals surface area contributed by atoms with Crippen LogP contribution in [0.25, 0.3) is 0 Å². The number of hydrazine groups is 2. The van der Waals surface area contributed by atoms with Crippen molar-refractivity contribution in [2.24, 2.45) is 5.41 Å². The van der Waals surface area contributed by atoms with Crippen LogP contribution in [0.4, 0.5) is 0 Å². The van der Waals surface area contributed by atoms with Crippen LogP contribution in [0.15, 0.2) is 30.1 Å². The molecule has 1 unspecified atom stereocenters. The summed E-state index contributed by atoms with van der Waals surface area (Å²) in [5.74, 6) is 0. The Morgan fingerprint density at radius 2 is 2.13 bits per heavy atom. The lowest BCUT2D eigenvalue weighted by Crippen LogP contribution is -2.39. The Morgan fingerprint density at radius 3 is 2.83 bits per heavy atom. The summed E-state index contributed by atoms with van der Waals surface area (Å²) in [7, 11) is 0. The molecule has 4 heteroatoms. The van der Waals surface area contributed by atoms with E-state index in [9.17, 15) is 0 Å². The minimum atomic E-state index is 0.331. The van der Waals surface area contributed by atoms with Crippen molar-refractivity contribution in [3.63, 3.8) is 0 Å². The minimum absolute atomic E-state index is 0.331. The standard InChI is InChI=1S/C19H30N4/c1-14-12-23(22-21-14)18-7-5-6-16-10-15(8-9-17(16)18)11-20-13-19(2,3)4/h8-10,12,18,20-22H,5-7,11,13H2,1-4H3. The molecule has 1 heterocycles. The second-order valence-electron chi connectivity index (χ2n) is 8.06. The molecule has 4 nitrogen and oxygen atoms in total. The molecule has 1 aromatic rings. The van der Waals surface area contributed by atoms with Crippen LogP contribution in [0, 0.1) is 5.41 Å². The molecular weight excluding hydrogens is 284 g/mol. The third-order valence-corrected chi connectivity index (χ3v) is 4.53. The Bertz CT molecular complexity index is 586. The molecule has 1 aliphatic carbocycles. The Balaban J connectivity index is 1.70. The Kier molecular flexibility index (Phi) is 4.64. The highest BCUT2D eigenvalue weighted by Crippen LogP contribution is 2.35. The molecule has 0 fully saturated rings. The maximum atomic E-state index is 3.58. The molecule has 0 saturated heterocycles. The third-order valence-electron chi connectivity index (χ3n) is 4.53. The van der Waals surface area contributed by atoms with Crippen LogP contribution in [-0.2, 0) is 13.0 Å². The Hall–Kier alpha value is -1.52. The van der Waals surface area contributed by atoms with E-state index in [1.807, 2.05) is 0 Å². The summed E-state index contributed by atoms with van der Waals surface area (Å²) in [6.07, 6.45) is 5.82. The summed E-state index contributed by atoms with van der Waals surface area (Å²) in [6.45, 7) is 10.9. The molecule has 1 aromatic carbocycles. The van der Waals surface area contributed by atoms with Gasteiger partial charge in [0.25, 0.3) is 0 Å². The smallest absolute Gasteiger partial charge is 0.0718 e. The van der Waals surface area contributed by atoms with Crippen LogP contribution >= 0.6 is 0 Å². The first-order valence-electron chi connectivity index (χ1n) is 8.73. The SMILES string of the molecule is CC1=CN(C2CCCc3cc(CNCC(C)(C)C)ccc32)NN1. The average Bonchev–Trinajstić information content (AvgIpc) is 2.91. The molecule has 3 N–H and O–H groups in total. The van der Waals surface area contributed by atoms with Gasteiger partial charge in [-0.15, -0.1) is 5.53 Å². The lowest BCUT2D eigenvalue weighted by atomic mass is 9.86. The van der Waals surface area contributed by atoms with Crippen molar-refractivity contribution < 1.29 is 0 Å².